The Hall–Kier alpha value is -3.90. The van der Waals surface area contributed by atoms with Crippen LogP contribution in [0, 0.1) is 0 Å². The molecule has 5 N–H and O–H groups in total. The first-order chi connectivity index (χ1) is 17.2. The molecule has 0 bridgehead atoms. The minimum atomic E-state index is -4.30. The van der Waals surface area contributed by atoms with Crippen LogP contribution in [-0.4, -0.2) is 61.1 Å². The quantitative estimate of drug-likeness (QED) is 0.295. The zero-order valence-corrected chi connectivity index (χ0v) is 19.6. The van der Waals surface area contributed by atoms with Gasteiger partial charge < -0.3 is 31.0 Å². The summed E-state index contributed by atoms with van der Waals surface area (Å²) in [5.74, 6) is 1.79. The van der Waals surface area contributed by atoms with Crippen molar-refractivity contribution in [3.63, 3.8) is 0 Å². The van der Waals surface area contributed by atoms with Gasteiger partial charge in [0.15, 0.2) is 11.5 Å². The monoisotopic (exact) mass is 502 g/mol. The molecular formula is C24H25F3N6O3. The van der Waals surface area contributed by atoms with E-state index >= 15 is 0 Å². The fourth-order valence-electron chi connectivity index (χ4n) is 3.71. The van der Waals surface area contributed by atoms with Gasteiger partial charge in [-0.1, -0.05) is 0 Å². The zero-order valence-electron chi connectivity index (χ0n) is 19.6. The third-order valence-electron chi connectivity index (χ3n) is 5.42. The second-order valence-corrected chi connectivity index (χ2v) is 8.06. The fourth-order valence-corrected chi connectivity index (χ4v) is 3.71. The van der Waals surface area contributed by atoms with Gasteiger partial charge in [-0.05, 0) is 23.6 Å². The first kappa shape index (κ1) is 25.2. The number of hydrogen-bond donors (Lipinski definition) is 3. The van der Waals surface area contributed by atoms with Crippen molar-refractivity contribution in [1.82, 2.24) is 20.3 Å². The van der Waals surface area contributed by atoms with Gasteiger partial charge in [0, 0.05) is 41.3 Å². The van der Waals surface area contributed by atoms with Crippen LogP contribution in [0.3, 0.4) is 0 Å². The van der Waals surface area contributed by atoms with E-state index in [2.05, 4.69) is 20.3 Å². The lowest BCUT2D eigenvalue weighted by molar-refractivity contribution is -0.124. The van der Waals surface area contributed by atoms with Gasteiger partial charge in [-0.3, -0.25) is 9.97 Å². The van der Waals surface area contributed by atoms with Gasteiger partial charge >= 0.3 is 6.18 Å². The molecule has 0 aliphatic carbocycles. The summed E-state index contributed by atoms with van der Waals surface area (Å²) in [5, 5.41) is 4.55. The molecule has 0 fully saturated rings. The number of halogens is 3. The lowest BCUT2D eigenvalue weighted by Gasteiger charge is -2.15. The summed E-state index contributed by atoms with van der Waals surface area (Å²) < 4.78 is 53.3. The van der Waals surface area contributed by atoms with Crippen LogP contribution in [0.4, 0.5) is 19.0 Å². The number of methoxy groups -OCH3 is 2. The fraction of sp³-hybridized carbons (Fsp3) is 0.292. The molecule has 0 unspecified atom stereocenters. The van der Waals surface area contributed by atoms with E-state index in [9.17, 15) is 13.2 Å². The number of nitrogens with two attached hydrogens (primary N) is 2. The number of aromatic nitrogens is 3. The second-order valence-electron chi connectivity index (χ2n) is 8.06. The van der Waals surface area contributed by atoms with Crippen LogP contribution < -0.4 is 31.0 Å². The summed E-state index contributed by atoms with van der Waals surface area (Å²) in [5.41, 5.74) is 14.0. The number of fused-ring (bicyclic) bond motifs is 3. The summed E-state index contributed by atoms with van der Waals surface area (Å²) in [6.45, 7) is -1.17. The van der Waals surface area contributed by atoms with Gasteiger partial charge in [0.1, 0.15) is 18.2 Å². The highest BCUT2D eigenvalue weighted by Gasteiger charge is 2.26. The van der Waals surface area contributed by atoms with Crippen molar-refractivity contribution in [3.05, 3.63) is 42.9 Å². The Morgan fingerprint density at radius 2 is 1.72 bits per heavy atom. The number of benzene rings is 1. The number of nitrogens with zero attached hydrogens (tertiary/aromatic N) is 3. The average Bonchev–Trinajstić information content (AvgIpc) is 2.85. The molecule has 3 heterocycles. The topological polar surface area (TPSA) is 130 Å². The van der Waals surface area contributed by atoms with E-state index < -0.39 is 18.8 Å². The predicted molar refractivity (Wildman–Crippen MR) is 130 cm³/mol. The molecule has 0 saturated heterocycles. The van der Waals surface area contributed by atoms with Crippen LogP contribution in [0.15, 0.2) is 42.9 Å². The Morgan fingerprint density at radius 1 is 0.972 bits per heavy atom. The Kier molecular flexibility index (Phi) is 7.27. The summed E-state index contributed by atoms with van der Waals surface area (Å²) in [6, 6.07) is 6.56. The molecule has 12 heteroatoms. The molecule has 0 saturated carbocycles. The van der Waals surface area contributed by atoms with E-state index in [0.717, 1.165) is 10.8 Å². The maximum Gasteiger partial charge on any atom is 0.401 e. The largest absolute Gasteiger partial charge is 0.493 e. The molecule has 0 aliphatic heterocycles. The average molecular weight is 502 g/mol. The van der Waals surface area contributed by atoms with Gasteiger partial charge in [0.25, 0.3) is 0 Å². The van der Waals surface area contributed by atoms with Crippen molar-refractivity contribution >= 4 is 27.5 Å². The number of nitrogens with one attached hydrogen (secondary N) is 1. The van der Waals surface area contributed by atoms with Crippen molar-refractivity contribution in [2.75, 3.05) is 39.6 Å². The molecule has 190 valence electrons. The number of hydrogen-bond acceptors (Lipinski definition) is 9. The number of nitrogen functional groups attached to an aromatic ring is 1. The Balaban J connectivity index is 1.61. The van der Waals surface area contributed by atoms with E-state index in [4.69, 9.17) is 25.7 Å². The van der Waals surface area contributed by atoms with Crippen molar-refractivity contribution in [2.45, 2.75) is 12.2 Å². The molecule has 0 aliphatic rings. The summed E-state index contributed by atoms with van der Waals surface area (Å²) in [4.78, 5) is 13.2. The number of anilines is 1. The van der Waals surface area contributed by atoms with E-state index in [1.54, 1.807) is 38.7 Å². The number of rotatable bonds is 9. The summed E-state index contributed by atoms with van der Waals surface area (Å²) in [6.07, 6.45) is 0.451. The van der Waals surface area contributed by atoms with Gasteiger partial charge in [0.2, 0.25) is 0 Å². The number of pyridine rings is 3. The van der Waals surface area contributed by atoms with E-state index in [-0.39, 0.29) is 19.0 Å². The molecular weight excluding hydrogens is 477 g/mol. The Labute approximate surface area is 204 Å². The number of alkyl halides is 3. The highest BCUT2D eigenvalue weighted by molar-refractivity contribution is 6.10. The van der Waals surface area contributed by atoms with E-state index in [1.165, 1.54) is 6.20 Å². The summed E-state index contributed by atoms with van der Waals surface area (Å²) in [7, 11) is 3.11. The first-order valence-corrected chi connectivity index (χ1v) is 10.9. The predicted octanol–water partition coefficient (Wildman–Crippen LogP) is 3.30. The van der Waals surface area contributed by atoms with Crippen LogP contribution in [-0.2, 0) is 0 Å². The highest BCUT2D eigenvalue weighted by Crippen LogP contribution is 2.37. The van der Waals surface area contributed by atoms with Gasteiger partial charge in [0.05, 0.1) is 44.2 Å². The van der Waals surface area contributed by atoms with Crippen molar-refractivity contribution < 1.29 is 27.4 Å². The molecule has 0 amide bonds. The van der Waals surface area contributed by atoms with Crippen molar-refractivity contribution in [1.29, 1.82) is 0 Å². The van der Waals surface area contributed by atoms with Crippen LogP contribution in [0.5, 0.6) is 17.2 Å². The highest BCUT2D eigenvalue weighted by atomic mass is 19.4. The van der Waals surface area contributed by atoms with E-state index in [0.29, 0.717) is 39.4 Å². The Bertz CT molecular complexity index is 1380. The van der Waals surface area contributed by atoms with Crippen LogP contribution in [0.1, 0.15) is 0 Å². The minimum Gasteiger partial charge on any atom is -0.493 e. The Morgan fingerprint density at radius 3 is 2.44 bits per heavy atom. The smallest absolute Gasteiger partial charge is 0.401 e. The standard InChI is InChI=1S/C24H25F3N6O3/c1-34-21-5-17-16-4-19(33-23(29)18(16)10-32-20(17)6-22(21)35-2)13-3-15(9-30-7-13)36-11-14(28)8-31-12-24(25,26)27/h3-7,9-10,14,31H,8,11-12,28H2,1-2H3,(H2,29,33)/t14-/m0/s1. The second kappa shape index (κ2) is 10.4. The van der Waals surface area contributed by atoms with Gasteiger partial charge in [-0.15, -0.1) is 0 Å². The zero-order chi connectivity index (χ0) is 25.9. The maximum atomic E-state index is 12.3. The third kappa shape index (κ3) is 5.66. The molecule has 4 aromatic rings. The molecule has 1 atom stereocenters. The number of ether oxygens (including phenoxy) is 3. The molecule has 4 rings (SSSR count). The van der Waals surface area contributed by atoms with E-state index in [1.807, 2.05) is 12.1 Å². The minimum absolute atomic E-state index is 0.00120. The molecule has 0 radical (unpaired) electrons. The van der Waals surface area contributed by atoms with Crippen molar-refractivity contribution in [3.8, 4) is 28.5 Å². The molecule has 36 heavy (non-hydrogen) atoms. The SMILES string of the molecule is COc1cc2ncc3c(N)nc(-c4cncc(OC[C@@H](N)CNCC(F)(F)F)c4)cc3c2cc1OC. The lowest BCUT2D eigenvalue weighted by atomic mass is 10.0. The van der Waals surface area contributed by atoms with Gasteiger partial charge in [-0.25, -0.2) is 4.98 Å². The third-order valence-corrected chi connectivity index (χ3v) is 5.42. The normalized spacial score (nSPS) is 12.6. The van der Waals surface area contributed by atoms with Crippen LogP contribution in [0.25, 0.3) is 32.9 Å². The molecule has 3 aromatic heterocycles. The molecule has 9 nitrogen and oxygen atoms in total. The first-order valence-electron chi connectivity index (χ1n) is 10.9. The van der Waals surface area contributed by atoms with Gasteiger partial charge in [-0.2, -0.15) is 13.2 Å². The summed E-state index contributed by atoms with van der Waals surface area (Å²) >= 11 is 0. The maximum absolute atomic E-state index is 12.3. The molecule has 1 aromatic carbocycles. The van der Waals surface area contributed by atoms with Crippen molar-refractivity contribution in [2.24, 2.45) is 5.73 Å². The lowest BCUT2D eigenvalue weighted by Crippen LogP contribution is -2.41. The van der Waals surface area contributed by atoms with Crippen LogP contribution in [0.2, 0.25) is 0 Å². The van der Waals surface area contributed by atoms with Crippen LogP contribution >= 0.6 is 0 Å². The molecule has 0 spiro atoms.